The van der Waals surface area contributed by atoms with Crippen LogP contribution in [-0.2, 0) is 4.79 Å². The fourth-order valence-electron chi connectivity index (χ4n) is 2.21. The second-order valence-corrected chi connectivity index (χ2v) is 4.60. The first-order chi connectivity index (χ1) is 6.60. The van der Waals surface area contributed by atoms with Crippen LogP contribution in [0.15, 0.2) is 0 Å². The van der Waals surface area contributed by atoms with Gasteiger partial charge in [0.1, 0.15) is 0 Å². The van der Waals surface area contributed by atoms with Gasteiger partial charge in [-0.3, -0.25) is 4.79 Å². The molecule has 0 unspecified atom stereocenters. The van der Waals surface area contributed by atoms with E-state index < -0.39 is 0 Å². The topological polar surface area (TPSA) is 32.3 Å². The summed E-state index contributed by atoms with van der Waals surface area (Å²) in [4.78, 5) is 13.9. The fraction of sp³-hybridized carbons (Fsp3) is 0.909. The number of nitrogens with zero attached hydrogens (tertiary/aromatic N) is 1. The van der Waals surface area contributed by atoms with Gasteiger partial charge in [-0.05, 0) is 19.9 Å². The summed E-state index contributed by atoms with van der Waals surface area (Å²) in [7, 11) is 3.82. The van der Waals surface area contributed by atoms with Crippen molar-refractivity contribution in [3.05, 3.63) is 0 Å². The van der Waals surface area contributed by atoms with Crippen molar-refractivity contribution in [3.8, 4) is 0 Å². The molecule has 0 saturated heterocycles. The predicted octanol–water partition coefficient (Wildman–Crippen LogP) is 1.24. The molecule has 0 spiro atoms. The molecule has 1 saturated carbocycles. The van der Waals surface area contributed by atoms with Crippen molar-refractivity contribution in [1.82, 2.24) is 10.2 Å². The molecule has 3 heteroatoms. The number of nitrogens with one attached hydrogen (secondary N) is 1. The predicted molar refractivity (Wildman–Crippen MR) is 58.1 cm³/mol. The van der Waals surface area contributed by atoms with Crippen molar-refractivity contribution >= 4 is 5.91 Å². The molecule has 0 radical (unpaired) electrons. The summed E-state index contributed by atoms with van der Waals surface area (Å²) in [5.41, 5.74) is -0.0670. The minimum atomic E-state index is -0.0670. The Balaban J connectivity index is 2.46. The van der Waals surface area contributed by atoms with E-state index in [1.165, 1.54) is 12.8 Å². The summed E-state index contributed by atoms with van der Waals surface area (Å²) in [5.74, 6) is 0.324. The number of carbonyl (C=O) groups is 1. The average Bonchev–Trinajstić information content (AvgIpc) is 2.61. The van der Waals surface area contributed by atoms with Gasteiger partial charge in [0.2, 0.25) is 5.91 Å². The van der Waals surface area contributed by atoms with Crippen LogP contribution in [0.3, 0.4) is 0 Å². The Kier molecular flexibility index (Phi) is 3.93. The molecule has 1 aliphatic rings. The third-order valence-corrected chi connectivity index (χ3v) is 3.27. The largest absolute Gasteiger partial charge is 0.344 e. The third kappa shape index (κ3) is 2.47. The molecule has 0 bridgehead atoms. The van der Waals surface area contributed by atoms with E-state index in [1.54, 1.807) is 0 Å². The maximum atomic E-state index is 12.1. The summed E-state index contributed by atoms with van der Waals surface area (Å²) < 4.78 is 0. The molecule has 1 rings (SSSR count). The number of hydrogen-bond acceptors (Lipinski definition) is 2. The van der Waals surface area contributed by atoms with Gasteiger partial charge in [0.15, 0.2) is 0 Å². The van der Waals surface area contributed by atoms with Crippen LogP contribution in [0, 0.1) is 5.41 Å². The average molecular weight is 198 g/mol. The highest BCUT2D eigenvalue weighted by Gasteiger charge is 2.37. The van der Waals surface area contributed by atoms with Crippen molar-refractivity contribution in [2.24, 2.45) is 5.41 Å². The Morgan fingerprint density at radius 3 is 2.50 bits per heavy atom. The van der Waals surface area contributed by atoms with E-state index in [9.17, 15) is 4.79 Å². The Morgan fingerprint density at radius 2 is 2.00 bits per heavy atom. The second-order valence-electron chi connectivity index (χ2n) is 4.60. The fourth-order valence-corrected chi connectivity index (χ4v) is 2.21. The number of likely N-dealkylation sites (N-methyl/N-ethyl adjacent to an activating group) is 2. The smallest absolute Gasteiger partial charge is 0.228 e. The van der Waals surface area contributed by atoms with Gasteiger partial charge in [0.05, 0.1) is 0 Å². The van der Waals surface area contributed by atoms with Crippen LogP contribution in [0.25, 0.3) is 0 Å². The van der Waals surface area contributed by atoms with Crippen LogP contribution in [0.4, 0.5) is 0 Å². The van der Waals surface area contributed by atoms with Crippen molar-refractivity contribution in [2.45, 2.75) is 32.6 Å². The highest BCUT2D eigenvalue weighted by atomic mass is 16.2. The zero-order chi connectivity index (χ0) is 10.6. The summed E-state index contributed by atoms with van der Waals surface area (Å²) in [6, 6.07) is 0. The highest BCUT2D eigenvalue weighted by molar-refractivity contribution is 5.82. The quantitative estimate of drug-likeness (QED) is 0.737. The molecule has 3 nitrogen and oxygen atoms in total. The monoisotopic (exact) mass is 198 g/mol. The zero-order valence-electron chi connectivity index (χ0n) is 9.60. The van der Waals surface area contributed by atoms with E-state index in [4.69, 9.17) is 0 Å². The first-order valence-corrected chi connectivity index (χ1v) is 5.50. The molecule has 1 N–H and O–H groups in total. The van der Waals surface area contributed by atoms with Gasteiger partial charge in [0, 0.05) is 25.6 Å². The van der Waals surface area contributed by atoms with Gasteiger partial charge in [0.25, 0.3) is 0 Å². The van der Waals surface area contributed by atoms with E-state index in [0.717, 1.165) is 25.9 Å². The second kappa shape index (κ2) is 4.78. The lowest BCUT2D eigenvalue weighted by molar-refractivity contribution is -0.139. The molecule has 0 aromatic heterocycles. The molecule has 1 amide bonds. The molecule has 0 aromatic rings. The lowest BCUT2D eigenvalue weighted by Crippen LogP contribution is -2.41. The first-order valence-electron chi connectivity index (χ1n) is 5.50. The molecule has 1 fully saturated rings. The number of hydrogen-bond donors (Lipinski definition) is 1. The standard InChI is InChI=1S/C11H22N2O/c1-11(6-4-5-7-11)10(14)13(3)9-8-12-2/h12H,4-9H2,1-3H3. The van der Waals surface area contributed by atoms with Crippen LogP contribution in [-0.4, -0.2) is 38.0 Å². The minimum Gasteiger partial charge on any atom is -0.344 e. The van der Waals surface area contributed by atoms with E-state index in [-0.39, 0.29) is 5.41 Å². The lowest BCUT2D eigenvalue weighted by atomic mass is 9.87. The van der Waals surface area contributed by atoms with Gasteiger partial charge in [-0.1, -0.05) is 19.8 Å². The van der Waals surface area contributed by atoms with Crippen molar-refractivity contribution in [1.29, 1.82) is 0 Å². The lowest BCUT2D eigenvalue weighted by Gasteiger charge is -2.28. The van der Waals surface area contributed by atoms with Crippen LogP contribution < -0.4 is 5.32 Å². The maximum Gasteiger partial charge on any atom is 0.228 e. The van der Waals surface area contributed by atoms with Crippen molar-refractivity contribution in [2.75, 3.05) is 27.2 Å². The Hall–Kier alpha value is -0.570. The molecule has 14 heavy (non-hydrogen) atoms. The van der Waals surface area contributed by atoms with Crippen LogP contribution in [0.2, 0.25) is 0 Å². The van der Waals surface area contributed by atoms with Gasteiger partial charge >= 0.3 is 0 Å². The SMILES string of the molecule is CNCCN(C)C(=O)C1(C)CCCC1. The Morgan fingerprint density at radius 1 is 1.43 bits per heavy atom. The Labute approximate surface area is 86.9 Å². The summed E-state index contributed by atoms with van der Waals surface area (Å²) in [6.07, 6.45) is 4.55. The molecule has 0 aromatic carbocycles. The van der Waals surface area contributed by atoms with Gasteiger partial charge in [-0.15, -0.1) is 0 Å². The Bertz CT molecular complexity index is 197. The number of carbonyl (C=O) groups excluding carboxylic acids is 1. The van der Waals surface area contributed by atoms with E-state index in [0.29, 0.717) is 5.91 Å². The molecule has 0 aliphatic heterocycles. The van der Waals surface area contributed by atoms with Crippen LogP contribution in [0.1, 0.15) is 32.6 Å². The van der Waals surface area contributed by atoms with Crippen molar-refractivity contribution < 1.29 is 4.79 Å². The highest BCUT2D eigenvalue weighted by Crippen LogP contribution is 2.38. The zero-order valence-corrected chi connectivity index (χ0v) is 9.60. The van der Waals surface area contributed by atoms with E-state index in [1.807, 2.05) is 19.0 Å². The molecular formula is C11H22N2O. The molecule has 0 atom stereocenters. The normalized spacial score (nSPS) is 19.6. The molecule has 0 heterocycles. The molecular weight excluding hydrogens is 176 g/mol. The van der Waals surface area contributed by atoms with Crippen molar-refractivity contribution in [3.63, 3.8) is 0 Å². The van der Waals surface area contributed by atoms with Crippen LogP contribution >= 0.6 is 0 Å². The first kappa shape index (κ1) is 11.5. The van der Waals surface area contributed by atoms with Gasteiger partial charge in [-0.2, -0.15) is 0 Å². The van der Waals surface area contributed by atoms with E-state index in [2.05, 4.69) is 12.2 Å². The summed E-state index contributed by atoms with van der Waals surface area (Å²) >= 11 is 0. The minimum absolute atomic E-state index is 0.0670. The summed E-state index contributed by atoms with van der Waals surface area (Å²) in [5, 5.41) is 3.06. The molecule has 82 valence electrons. The number of amides is 1. The summed E-state index contributed by atoms with van der Waals surface area (Å²) in [6.45, 7) is 3.79. The maximum absolute atomic E-state index is 12.1. The third-order valence-electron chi connectivity index (χ3n) is 3.27. The van der Waals surface area contributed by atoms with Gasteiger partial charge in [-0.25, -0.2) is 0 Å². The van der Waals surface area contributed by atoms with E-state index >= 15 is 0 Å². The van der Waals surface area contributed by atoms with Gasteiger partial charge < -0.3 is 10.2 Å². The molecule has 1 aliphatic carbocycles. The number of rotatable bonds is 4. The van der Waals surface area contributed by atoms with Crippen LogP contribution in [0.5, 0.6) is 0 Å².